The minimum atomic E-state index is 0.0296. The summed E-state index contributed by atoms with van der Waals surface area (Å²) >= 11 is 0. The number of nitrogens with one attached hydrogen (secondary N) is 1. The van der Waals surface area contributed by atoms with E-state index in [0.717, 1.165) is 29.5 Å². The van der Waals surface area contributed by atoms with Crippen molar-refractivity contribution >= 4 is 17.6 Å². The van der Waals surface area contributed by atoms with Crippen molar-refractivity contribution in [3.8, 4) is 0 Å². The summed E-state index contributed by atoms with van der Waals surface area (Å²) in [4.78, 5) is 12.7. The topological polar surface area (TPSA) is 29.1 Å². The van der Waals surface area contributed by atoms with Crippen molar-refractivity contribution in [2.75, 3.05) is 0 Å². The molecular formula is C20H21NO. The van der Waals surface area contributed by atoms with Gasteiger partial charge in [-0.3, -0.25) is 4.79 Å². The maximum Gasteiger partial charge on any atom is 0.252 e. The highest BCUT2D eigenvalue weighted by Crippen LogP contribution is 2.22. The smallest absolute Gasteiger partial charge is 0.252 e. The van der Waals surface area contributed by atoms with E-state index in [1.54, 1.807) is 0 Å². The van der Waals surface area contributed by atoms with Crippen LogP contribution < -0.4 is 5.32 Å². The third-order valence-corrected chi connectivity index (χ3v) is 4.13. The molecule has 0 aromatic heterocycles. The van der Waals surface area contributed by atoms with Crippen molar-refractivity contribution in [3.63, 3.8) is 0 Å². The molecule has 0 radical (unpaired) electrons. The molecule has 22 heavy (non-hydrogen) atoms. The molecule has 2 aromatic rings. The van der Waals surface area contributed by atoms with Gasteiger partial charge in [0.25, 0.3) is 5.91 Å². The number of hydrogen-bond donors (Lipinski definition) is 1. The number of carbonyl (C=O) groups excluding carboxylic acids is 1. The van der Waals surface area contributed by atoms with Crippen LogP contribution in [-0.2, 0) is 4.79 Å². The molecule has 112 valence electrons. The van der Waals surface area contributed by atoms with Crippen LogP contribution in [-0.4, -0.2) is 11.9 Å². The van der Waals surface area contributed by atoms with E-state index in [1.807, 2.05) is 66.7 Å². The van der Waals surface area contributed by atoms with Crippen LogP contribution in [0.3, 0.4) is 0 Å². The number of rotatable bonds is 4. The van der Waals surface area contributed by atoms with Crippen molar-refractivity contribution < 1.29 is 4.79 Å². The Morgan fingerprint density at radius 1 is 0.909 bits per heavy atom. The molecule has 1 N–H and O–H groups in total. The summed E-state index contributed by atoms with van der Waals surface area (Å²) in [6.07, 6.45) is 6.60. The molecule has 0 bridgehead atoms. The van der Waals surface area contributed by atoms with E-state index in [0.29, 0.717) is 6.04 Å². The van der Waals surface area contributed by atoms with Crippen molar-refractivity contribution in [1.82, 2.24) is 5.32 Å². The molecule has 2 aromatic carbocycles. The second-order valence-corrected chi connectivity index (χ2v) is 5.79. The van der Waals surface area contributed by atoms with Gasteiger partial charge in [-0.15, -0.1) is 0 Å². The summed E-state index contributed by atoms with van der Waals surface area (Å²) in [6.45, 7) is 0. The zero-order valence-electron chi connectivity index (χ0n) is 12.7. The summed E-state index contributed by atoms with van der Waals surface area (Å²) in [6, 6.07) is 20.2. The van der Waals surface area contributed by atoms with Crippen LogP contribution in [0.2, 0.25) is 0 Å². The Hall–Kier alpha value is -2.35. The van der Waals surface area contributed by atoms with Crippen LogP contribution in [0.4, 0.5) is 0 Å². The van der Waals surface area contributed by atoms with Gasteiger partial charge in [-0.25, -0.2) is 0 Å². The largest absolute Gasteiger partial charge is 0.349 e. The summed E-state index contributed by atoms with van der Waals surface area (Å²) < 4.78 is 0. The molecule has 0 saturated heterocycles. The van der Waals surface area contributed by atoms with Crippen molar-refractivity contribution in [3.05, 3.63) is 71.8 Å². The van der Waals surface area contributed by atoms with Gasteiger partial charge in [0.05, 0.1) is 0 Å². The number of benzene rings is 2. The second kappa shape index (κ2) is 7.08. The maximum atomic E-state index is 12.7. The first-order valence-electron chi connectivity index (χ1n) is 7.96. The lowest BCUT2D eigenvalue weighted by Crippen LogP contribution is -2.33. The first-order chi connectivity index (χ1) is 10.8. The molecule has 1 aliphatic carbocycles. The van der Waals surface area contributed by atoms with Gasteiger partial charge in [-0.1, -0.05) is 73.5 Å². The minimum absolute atomic E-state index is 0.0296. The van der Waals surface area contributed by atoms with Gasteiger partial charge in [0.1, 0.15) is 0 Å². The second-order valence-electron chi connectivity index (χ2n) is 5.79. The number of carbonyl (C=O) groups is 1. The molecule has 0 aliphatic heterocycles. The van der Waals surface area contributed by atoms with Crippen LogP contribution >= 0.6 is 0 Å². The molecule has 0 spiro atoms. The third kappa shape index (κ3) is 3.64. The first-order valence-corrected chi connectivity index (χ1v) is 7.96. The van der Waals surface area contributed by atoms with Crippen molar-refractivity contribution in [2.45, 2.75) is 31.7 Å². The lowest BCUT2D eigenvalue weighted by atomic mass is 10.0. The van der Waals surface area contributed by atoms with Crippen LogP contribution in [0, 0.1) is 0 Å². The molecule has 1 saturated carbocycles. The van der Waals surface area contributed by atoms with Gasteiger partial charge >= 0.3 is 0 Å². The summed E-state index contributed by atoms with van der Waals surface area (Å²) in [5, 5.41) is 3.19. The van der Waals surface area contributed by atoms with E-state index in [2.05, 4.69) is 5.32 Å². The summed E-state index contributed by atoms with van der Waals surface area (Å²) in [5.74, 6) is 0.0296. The van der Waals surface area contributed by atoms with Crippen molar-refractivity contribution in [1.29, 1.82) is 0 Å². The van der Waals surface area contributed by atoms with Crippen molar-refractivity contribution in [2.24, 2.45) is 0 Å². The number of amides is 1. The SMILES string of the molecule is O=C(NC1CCCC1)/C(=C/c1ccccc1)c1ccccc1. The monoisotopic (exact) mass is 291 g/mol. The van der Waals surface area contributed by atoms with Gasteiger partial charge in [-0.05, 0) is 30.0 Å². The molecule has 0 atom stereocenters. The molecule has 0 unspecified atom stereocenters. The Balaban J connectivity index is 1.89. The fourth-order valence-electron chi connectivity index (χ4n) is 2.95. The minimum Gasteiger partial charge on any atom is -0.349 e. The predicted molar refractivity (Wildman–Crippen MR) is 91.2 cm³/mol. The Labute approximate surface area is 131 Å². The van der Waals surface area contributed by atoms with E-state index < -0.39 is 0 Å². The van der Waals surface area contributed by atoms with E-state index in [1.165, 1.54) is 12.8 Å². The van der Waals surface area contributed by atoms with Gasteiger partial charge in [-0.2, -0.15) is 0 Å². The van der Waals surface area contributed by atoms with Crippen LogP contribution in [0.1, 0.15) is 36.8 Å². The molecule has 2 nitrogen and oxygen atoms in total. The van der Waals surface area contributed by atoms with E-state index in [4.69, 9.17) is 0 Å². The van der Waals surface area contributed by atoms with E-state index in [9.17, 15) is 4.79 Å². The lowest BCUT2D eigenvalue weighted by Gasteiger charge is -2.14. The molecule has 1 amide bonds. The highest BCUT2D eigenvalue weighted by molar-refractivity contribution is 6.24. The number of hydrogen-bond acceptors (Lipinski definition) is 1. The Morgan fingerprint density at radius 2 is 1.50 bits per heavy atom. The standard InChI is InChI=1S/C20H21NO/c22-20(21-18-13-7-8-14-18)19(17-11-5-2-6-12-17)15-16-9-3-1-4-10-16/h1-6,9-12,15,18H,7-8,13-14H2,(H,21,22)/b19-15+. The average Bonchev–Trinajstić information content (AvgIpc) is 3.07. The zero-order chi connectivity index (χ0) is 15.2. The molecule has 2 heteroatoms. The highest BCUT2D eigenvalue weighted by Gasteiger charge is 2.20. The first kappa shape index (κ1) is 14.6. The Morgan fingerprint density at radius 3 is 2.14 bits per heavy atom. The fourth-order valence-corrected chi connectivity index (χ4v) is 2.95. The third-order valence-electron chi connectivity index (χ3n) is 4.13. The molecule has 1 fully saturated rings. The Kier molecular flexibility index (Phi) is 4.69. The predicted octanol–water partition coefficient (Wildman–Crippen LogP) is 4.29. The molecule has 1 aliphatic rings. The Bertz CT molecular complexity index is 640. The molecule has 3 rings (SSSR count). The van der Waals surface area contributed by atoms with Crippen LogP contribution in [0.15, 0.2) is 60.7 Å². The van der Waals surface area contributed by atoms with Gasteiger partial charge in [0.2, 0.25) is 0 Å². The van der Waals surface area contributed by atoms with Gasteiger partial charge in [0, 0.05) is 11.6 Å². The zero-order valence-corrected chi connectivity index (χ0v) is 12.7. The highest BCUT2D eigenvalue weighted by atomic mass is 16.1. The molecular weight excluding hydrogens is 270 g/mol. The van der Waals surface area contributed by atoms with Gasteiger partial charge in [0.15, 0.2) is 0 Å². The normalized spacial score (nSPS) is 15.7. The van der Waals surface area contributed by atoms with Gasteiger partial charge < -0.3 is 5.32 Å². The van der Waals surface area contributed by atoms with E-state index in [-0.39, 0.29) is 5.91 Å². The molecule has 0 heterocycles. The summed E-state index contributed by atoms with van der Waals surface area (Å²) in [5.41, 5.74) is 2.74. The average molecular weight is 291 g/mol. The fraction of sp³-hybridized carbons (Fsp3) is 0.250. The lowest BCUT2D eigenvalue weighted by molar-refractivity contribution is -0.116. The van der Waals surface area contributed by atoms with E-state index >= 15 is 0 Å². The van der Waals surface area contributed by atoms with Crippen LogP contribution in [0.5, 0.6) is 0 Å². The summed E-state index contributed by atoms with van der Waals surface area (Å²) in [7, 11) is 0. The maximum absolute atomic E-state index is 12.7. The van der Waals surface area contributed by atoms with Crippen LogP contribution in [0.25, 0.3) is 11.6 Å². The quantitative estimate of drug-likeness (QED) is 0.661.